The summed E-state index contributed by atoms with van der Waals surface area (Å²) < 4.78 is 43.1. The molecule has 3 atom stereocenters. The van der Waals surface area contributed by atoms with E-state index in [9.17, 15) is 18.3 Å². The van der Waals surface area contributed by atoms with E-state index in [1.165, 1.54) is 0 Å². The zero-order valence-corrected chi connectivity index (χ0v) is 10.7. The van der Waals surface area contributed by atoms with Crippen molar-refractivity contribution in [2.75, 3.05) is 0 Å². The van der Waals surface area contributed by atoms with E-state index in [-0.39, 0.29) is 30.5 Å². The molecule has 7 heteroatoms. The first-order chi connectivity index (χ1) is 8.91. The molecule has 0 aromatic carbocycles. The lowest BCUT2D eigenvalue weighted by Crippen LogP contribution is -2.28. The van der Waals surface area contributed by atoms with E-state index in [0.29, 0.717) is 19.3 Å². The Bertz CT molecular complexity index is 419. The quantitative estimate of drug-likeness (QED) is 0.921. The Hall–Kier alpha value is -1.11. The van der Waals surface area contributed by atoms with Crippen LogP contribution in [0.5, 0.6) is 0 Å². The monoisotopic (exact) mass is 278 g/mol. The summed E-state index contributed by atoms with van der Waals surface area (Å²) in [5, 5.41) is 13.2. The number of rotatable bonds is 3. The molecule has 1 aliphatic rings. The van der Waals surface area contributed by atoms with Crippen molar-refractivity contribution in [3.8, 4) is 0 Å². The second-order valence-electron chi connectivity index (χ2n) is 5.02. The van der Waals surface area contributed by atoms with Crippen LogP contribution in [0.4, 0.5) is 13.2 Å². The molecule has 1 N–H and O–H groups in total. The average molecular weight is 278 g/mol. The smallest absolute Gasteiger partial charge is 0.385 e. The molecule has 1 aromatic rings. The molecule has 0 radical (unpaired) electrons. The van der Waals surface area contributed by atoms with Crippen molar-refractivity contribution < 1.29 is 22.8 Å². The molecule has 1 heterocycles. The van der Waals surface area contributed by atoms with E-state index in [4.69, 9.17) is 4.52 Å². The van der Waals surface area contributed by atoms with Gasteiger partial charge in [-0.25, -0.2) is 0 Å². The van der Waals surface area contributed by atoms with Gasteiger partial charge in [-0.05, 0) is 25.7 Å². The van der Waals surface area contributed by atoms with E-state index in [2.05, 4.69) is 10.1 Å². The van der Waals surface area contributed by atoms with Gasteiger partial charge in [0, 0.05) is 5.92 Å². The third kappa shape index (κ3) is 3.26. The van der Waals surface area contributed by atoms with Gasteiger partial charge in [0.05, 0.1) is 5.92 Å². The number of nitrogens with zero attached hydrogens (tertiary/aromatic N) is 2. The van der Waals surface area contributed by atoms with Crippen LogP contribution >= 0.6 is 0 Å². The van der Waals surface area contributed by atoms with Gasteiger partial charge >= 0.3 is 6.18 Å². The van der Waals surface area contributed by atoms with Crippen LogP contribution in [0.2, 0.25) is 0 Å². The van der Waals surface area contributed by atoms with Gasteiger partial charge in [-0.2, -0.15) is 18.2 Å². The van der Waals surface area contributed by atoms with E-state index in [1.54, 1.807) is 6.92 Å². The van der Waals surface area contributed by atoms with Crippen molar-refractivity contribution in [3.05, 3.63) is 11.7 Å². The predicted molar refractivity (Wildman–Crippen MR) is 60.3 cm³/mol. The largest absolute Gasteiger partial charge is 0.391 e. The first kappa shape index (κ1) is 14.3. The molecule has 0 saturated heterocycles. The molecule has 1 fully saturated rings. The standard InChI is InChI=1S/C12H17F3N2O2/c1-2-9(18)10-16-11(19-17-10)7-4-3-5-8(6-7)12(13,14)15/h7-9,18H,2-6H2,1H3. The van der Waals surface area contributed by atoms with Gasteiger partial charge < -0.3 is 9.63 Å². The molecule has 0 aliphatic heterocycles. The number of alkyl halides is 3. The third-order valence-electron chi connectivity index (χ3n) is 3.63. The first-order valence-electron chi connectivity index (χ1n) is 6.50. The van der Waals surface area contributed by atoms with Gasteiger partial charge in [-0.1, -0.05) is 18.5 Å². The molecule has 0 spiro atoms. The minimum absolute atomic E-state index is 0.00659. The van der Waals surface area contributed by atoms with Gasteiger partial charge in [0.1, 0.15) is 6.10 Å². The van der Waals surface area contributed by atoms with Gasteiger partial charge in [0.2, 0.25) is 5.89 Å². The summed E-state index contributed by atoms with van der Waals surface area (Å²) in [6.45, 7) is 1.76. The molecule has 0 amide bonds. The summed E-state index contributed by atoms with van der Waals surface area (Å²) >= 11 is 0. The number of hydrogen-bond donors (Lipinski definition) is 1. The normalized spacial score (nSPS) is 26.4. The van der Waals surface area contributed by atoms with Crippen molar-refractivity contribution >= 4 is 0 Å². The van der Waals surface area contributed by atoms with Crippen molar-refractivity contribution in [2.24, 2.45) is 5.92 Å². The summed E-state index contributed by atoms with van der Waals surface area (Å²) in [6, 6.07) is 0. The molecule has 2 rings (SSSR count). The van der Waals surface area contributed by atoms with Crippen LogP contribution in [0, 0.1) is 5.92 Å². The zero-order chi connectivity index (χ0) is 14.0. The highest BCUT2D eigenvalue weighted by atomic mass is 19.4. The number of aromatic nitrogens is 2. The second kappa shape index (κ2) is 5.48. The number of aliphatic hydroxyl groups excluding tert-OH is 1. The molecule has 4 nitrogen and oxygen atoms in total. The molecule has 1 aliphatic carbocycles. The fourth-order valence-corrected chi connectivity index (χ4v) is 2.44. The fraction of sp³-hybridized carbons (Fsp3) is 0.833. The summed E-state index contributed by atoms with van der Waals surface area (Å²) in [5.74, 6) is -1.27. The number of aliphatic hydroxyl groups is 1. The molecule has 3 unspecified atom stereocenters. The molecular formula is C12H17F3N2O2. The maximum atomic E-state index is 12.7. The summed E-state index contributed by atoms with van der Waals surface area (Å²) in [6.07, 6.45) is -3.26. The Morgan fingerprint density at radius 3 is 2.79 bits per heavy atom. The summed E-state index contributed by atoms with van der Waals surface area (Å²) in [5.41, 5.74) is 0. The molecule has 19 heavy (non-hydrogen) atoms. The van der Waals surface area contributed by atoms with E-state index >= 15 is 0 Å². The van der Waals surface area contributed by atoms with Crippen LogP contribution in [0.3, 0.4) is 0 Å². The van der Waals surface area contributed by atoms with Gasteiger partial charge in [0.15, 0.2) is 5.82 Å². The Labute approximate surface area is 109 Å². The van der Waals surface area contributed by atoms with E-state index in [1.807, 2.05) is 0 Å². The molecule has 0 bridgehead atoms. The zero-order valence-electron chi connectivity index (χ0n) is 10.7. The minimum atomic E-state index is -4.16. The lowest BCUT2D eigenvalue weighted by atomic mass is 9.81. The van der Waals surface area contributed by atoms with Gasteiger partial charge in [-0.15, -0.1) is 0 Å². The highest BCUT2D eigenvalue weighted by Gasteiger charge is 2.43. The van der Waals surface area contributed by atoms with Crippen LogP contribution in [0.15, 0.2) is 4.52 Å². The fourth-order valence-electron chi connectivity index (χ4n) is 2.44. The van der Waals surface area contributed by atoms with Gasteiger partial charge in [-0.3, -0.25) is 0 Å². The molecular weight excluding hydrogens is 261 g/mol. The van der Waals surface area contributed by atoms with Crippen LogP contribution in [-0.4, -0.2) is 21.4 Å². The predicted octanol–water partition coefficient (Wildman–Crippen LogP) is 3.35. The van der Waals surface area contributed by atoms with E-state index in [0.717, 1.165) is 0 Å². The van der Waals surface area contributed by atoms with Crippen molar-refractivity contribution in [3.63, 3.8) is 0 Å². The Morgan fingerprint density at radius 2 is 2.16 bits per heavy atom. The van der Waals surface area contributed by atoms with Crippen molar-refractivity contribution in [1.82, 2.24) is 10.1 Å². The lowest BCUT2D eigenvalue weighted by molar-refractivity contribution is -0.183. The third-order valence-corrected chi connectivity index (χ3v) is 3.63. The Kier molecular flexibility index (Phi) is 4.13. The van der Waals surface area contributed by atoms with Crippen LogP contribution in [0.1, 0.15) is 62.8 Å². The maximum absolute atomic E-state index is 12.7. The van der Waals surface area contributed by atoms with Crippen LogP contribution in [0.25, 0.3) is 0 Å². The summed E-state index contributed by atoms with van der Waals surface area (Å²) in [4.78, 5) is 4.03. The highest BCUT2D eigenvalue weighted by Crippen LogP contribution is 2.43. The van der Waals surface area contributed by atoms with Crippen molar-refractivity contribution in [1.29, 1.82) is 0 Å². The molecule has 1 aromatic heterocycles. The highest BCUT2D eigenvalue weighted by molar-refractivity contribution is 4.99. The molecule has 1 saturated carbocycles. The topological polar surface area (TPSA) is 59.2 Å². The van der Waals surface area contributed by atoms with Crippen LogP contribution in [-0.2, 0) is 0 Å². The number of halogens is 3. The minimum Gasteiger partial charge on any atom is -0.385 e. The second-order valence-corrected chi connectivity index (χ2v) is 5.02. The Balaban J connectivity index is 2.07. The lowest BCUT2D eigenvalue weighted by Gasteiger charge is -2.28. The number of hydrogen-bond acceptors (Lipinski definition) is 4. The first-order valence-corrected chi connectivity index (χ1v) is 6.50. The maximum Gasteiger partial charge on any atom is 0.391 e. The summed E-state index contributed by atoms with van der Waals surface area (Å²) in [7, 11) is 0. The van der Waals surface area contributed by atoms with Gasteiger partial charge in [0.25, 0.3) is 0 Å². The van der Waals surface area contributed by atoms with Crippen molar-refractivity contribution in [2.45, 2.75) is 57.2 Å². The van der Waals surface area contributed by atoms with Crippen LogP contribution < -0.4 is 0 Å². The average Bonchev–Trinajstić information content (AvgIpc) is 2.86. The SMILES string of the molecule is CCC(O)c1noc(C2CCCC(C(F)(F)F)C2)n1. The van der Waals surface area contributed by atoms with E-state index < -0.39 is 18.2 Å². The molecule has 108 valence electrons. The Morgan fingerprint density at radius 1 is 1.42 bits per heavy atom.